The number of carbonyl (C=O) groups is 3. The molecule has 0 spiro atoms. The Hall–Kier alpha value is -3.35. The minimum Gasteiger partial charge on any atom is -0.289 e. The summed E-state index contributed by atoms with van der Waals surface area (Å²) < 4.78 is 0. The van der Waals surface area contributed by atoms with Gasteiger partial charge in [0.2, 0.25) is 0 Å². The van der Waals surface area contributed by atoms with Crippen LogP contribution in [0.15, 0.2) is 18.2 Å². The normalized spacial score (nSPS) is 12.1. The van der Waals surface area contributed by atoms with Crippen LogP contribution in [0.4, 0.5) is 5.69 Å². The molecule has 2 aromatic rings. The Kier molecular flexibility index (Phi) is 6.87. The summed E-state index contributed by atoms with van der Waals surface area (Å²) in [7, 11) is 0. The minimum atomic E-state index is -0.538. The number of nitro groups is 1. The maximum absolute atomic E-state index is 13.1. The van der Waals surface area contributed by atoms with Crippen LogP contribution in [0.5, 0.6) is 0 Å². The first-order valence-corrected chi connectivity index (χ1v) is 9.85. The lowest BCUT2D eigenvalue weighted by Gasteiger charge is -2.15. The van der Waals surface area contributed by atoms with E-state index in [2.05, 4.69) is 19.2 Å². The van der Waals surface area contributed by atoms with Crippen LogP contribution in [0.1, 0.15) is 85.6 Å². The van der Waals surface area contributed by atoms with Crippen LogP contribution in [0.3, 0.4) is 0 Å². The number of amides is 2. The first kappa shape index (κ1) is 22.9. The fraction of sp³-hybridized carbons (Fsp3) is 0.348. The van der Waals surface area contributed by atoms with E-state index in [1.165, 1.54) is 31.0 Å². The lowest BCUT2D eigenvalue weighted by Crippen LogP contribution is -2.19. The molecular weight excluding hydrogens is 384 g/mol. The van der Waals surface area contributed by atoms with Crippen molar-refractivity contribution in [3.63, 3.8) is 0 Å². The fourth-order valence-electron chi connectivity index (χ4n) is 3.36. The quantitative estimate of drug-likeness (QED) is 0.339. The molecule has 0 aliphatic carbocycles. The van der Waals surface area contributed by atoms with Crippen molar-refractivity contribution >= 4 is 23.3 Å². The van der Waals surface area contributed by atoms with Gasteiger partial charge in [-0.05, 0) is 51.0 Å². The molecule has 1 N–H and O–H groups in total. The van der Waals surface area contributed by atoms with Gasteiger partial charge in [-0.15, -0.1) is 0 Å². The lowest BCUT2D eigenvalue weighted by atomic mass is 9.87. The fourth-order valence-corrected chi connectivity index (χ4v) is 3.36. The first-order chi connectivity index (χ1) is 14.1. The van der Waals surface area contributed by atoms with Crippen LogP contribution < -0.4 is 5.32 Å². The maximum Gasteiger partial charge on any atom is 0.275 e. The molecule has 1 aliphatic rings. The summed E-state index contributed by atoms with van der Waals surface area (Å²) in [6, 6.07) is 4.33. The first-order valence-electron chi connectivity index (χ1n) is 9.85. The van der Waals surface area contributed by atoms with Crippen LogP contribution in [-0.4, -0.2) is 22.5 Å². The Morgan fingerprint density at radius 1 is 0.900 bits per heavy atom. The highest BCUT2D eigenvalue weighted by molar-refractivity contribution is 6.23. The summed E-state index contributed by atoms with van der Waals surface area (Å²) in [4.78, 5) is 47.4. The number of carbonyl (C=O) groups excluding carboxylic acids is 3. The summed E-state index contributed by atoms with van der Waals surface area (Å²) in [6.07, 6.45) is 2.64. The van der Waals surface area contributed by atoms with Gasteiger partial charge in [-0.25, -0.2) is 0 Å². The van der Waals surface area contributed by atoms with E-state index in [1.807, 2.05) is 0 Å². The second kappa shape index (κ2) is 8.98. The number of rotatable bonds is 4. The summed E-state index contributed by atoms with van der Waals surface area (Å²) in [5, 5.41) is 13.5. The molecule has 1 aliphatic heterocycles. The van der Waals surface area contributed by atoms with Gasteiger partial charge in [-0.3, -0.25) is 29.8 Å². The van der Waals surface area contributed by atoms with Gasteiger partial charge in [-0.1, -0.05) is 32.8 Å². The van der Waals surface area contributed by atoms with Crippen LogP contribution in [0.2, 0.25) is 0 Å². The summed E-state index contributed by atoms with van der Waals surface area (Å²) >= 11 is 0. The van der Waals surface area contributed by atoms with E-state index in [-0.39, 0.29) is 28.2 Å². The van der Waals surface area contributed by atoms with Gasteiger partial charge in [0.15, 0.2) is 5.78 Å². The second-order valence-corrected chi connectivity index (χ2v) is 7.35. The van der Waals surface area contributed by atoms with Crippen molar-refractivity contribution in [3.8, 4) is 0 Å². The Bertz CT molecular complexity index is 1040. The Balaban J connectivity index is 0.000000735. The second-order valence-electron chi connectivity index (χ2n) is 7.35. The zero-order valence-electron chi connectivity index (χ0n) is 18.1. The Morgan fingerprint density at radius 2 is 1.40 bits per heavy atom. The zero-order valence-corrected chi connectivity index (χ0v) is 18.1. The van der Waals surface area contributed by atoms with E-state index in [0.717, 1.165) is 0 Å². The molecular formula is C23H26N2O5. The number of nitrogens with one attached hydrogen (secondary N) is 1. The van der Waals surface area contributed by atoms with Crippen molar-refractivity contribution in [1.29, 1.82) is 0 Å². The average Bonchev–Trinajstić information content (AvgIpc) is 2.99. The van der Waals surface area contributed by atoms with Gasteiger partial charge in [-0.2, -0.15) is 0 Å². The molecule has 158 valence electrons. The third-order valence-electron chi connectivity index (χ3n) is 5.49. The van der Waals surface area contributed by atoms with Gasteiger partial charge in [0.1, 0.15) is 0 Å². The number of hydrogen-bond donors (Lipinski definition) is 1. The van der Waals surface area contributed by atoms with E-state index < -0.39 is 16.7 Å². The molecule has 0 saturated heterocycles. The van der Waals surface area contributed by atoms with E-state index in [9.17, 15) is 24.5 Å². The standard InChI is InChI=1S/C19H16N2O5.C4H10/c1-8-10(3)16(21(25)26)11(4)9(2)15(8)17(22)12-5-6-13-14(7-12)19(24)20-18(13)23;1-3-4-2/h5-7H,1-4H3,(H,20,23,24);3-4H2,1-2H3. The van der Waals surface area contributed by atoms with E-state index in [4.69, 9.17) is 0 Å². The number of benzene rings is 2. The van der Waals surface area contributed by atoms with E-state index >= 15 is 0 Å². The van der Waals surface area contributed by atoms with Crippen molar-refractivity contribution in [3.05, 3.63) is 72.8 Å². The van der Waals surface area contributed by atoms with Gasteiger partial charge in [0, 0.05) is 22.3 Å². The predicted octanol–water partition coefficient (Wildman–Crippen LogP) is 4.75. The predicted molar refractivity (Wildman–Crippen MR) is 114 cm³/mol. The summed E-state index contributed by atoms with van der Waals surface area (Å²) in [6.45, 7) is 10.9. The molecule has 0 aromatic heterocycles. The Morgan fingerprint density at radius 3 is 1.87 bits per heavy atom. The molecule has 0 atom stereocenters. The molecule has 0 radical (unpaired) electrons. The SMILES string of the molecule is CCCC.Cc1c(C)c([N+](=O)[O-])c(C)c(C)c1C(=O)c1ccc2c(c1)C(=O)NC2=O. The highest BCUT2D eigenvalue weighted by atomic mass is 16.6. The van der Waals surface area contributed by atoms with Gasteiger partial charge < -0.3 is 0 Å². The number of hydrogen-bond acceptors (Lipinski definition) is 5. The van der Waals surface area contributed by atoms with Gasteiger partial charge >= 0.3 is 0 Å². The van der Waals surface area contributed by atoms with Crippen LogP contribution in [0, 0.1) is 37.8 Å². The number of fused-ring (bicyclic) bond motifs is 1. The largest absolute Gasteiger partial charge is 0.289 e. The highest BCUT2D eigenvalue weighted by Gasteiger charge is 2.30. The Labute approximate surface area is 175 Å². The molecule has 7 heteroatoms. The van der Waals surface area contributed by atoms with Crippen LogP contribution >= 0.6 is 0 Å². The third kappa shape index (κ3) is 4.01. The topological polar surface area (TPSA) is 106 Å². The van der Waals surface area contributed by atoms with Crippen molar-refractivity contribution in [2.45, 2.75) is 54.4 Å². The summed E-state index contributed by atoms with van der Waals surface area (Å²) in [5.41, 5.74) is 2.99. The van der Waals surface area contributed by atoms with Crippen LogP contribution in [0.25, 0.3) is 0 Å². The molecule has 3 rings (SSSR count). The molecule has 0 bridgehead atoms. The molecule has 0 fully saturated rings. The number of ketones is 1. The number of imide groups is 1. The molecule has 0 unspecified atom stereocenters. The summed E-state index contributed by atoms with van der Waals surface area (Å²) in [5.74, 6) is -1.36. The van der Waals surface area contributed by atoms with Gasteiger partial charge in [0.05, 0.1) is 16.1 Å². The van der Waals surface area contributed by atoms with Crippen LogP contribution in [-0.2, 0) is 0 Å². The number of nitrogens with zero attached hydrogens (tertiary/aromatic N) is 1. The molecule has 2 amide bonds. The van der Waals surface area contributed by atoms with E-state index in [1.54, 1.807) is 27.7 Å². The number of nitro benzene ring substituents is 1. The molecule has 7 nitrogen and oxygen atoms in total. The molecule has 2 aromatic carbocycles. The van der Waals surface area contributed by atoms with Crippen molar-refractivity contribution in [1.82, 2.24) is 5.32 Å². The third-order valence-corrected chi connectivity index (χ3v) is 5.49. The number of unbranched alkanes of at least 4 members (excludes halogenated alkanes) is 1. The average molecular weight is 410 g/mol. The zero-order chi connectivity index (χ0) is 22.7. The molecule has 0 saturated carbocycles. The maximum atomic E-state index is 13.1. The van der Waals surface area contributed by atoms with Gasteiger partial charge in [0.25, 0.3) is 17.5 Å². The monoisotopic (exact) mass is 410 g/mol. The van der Waals surface area contributed by atoms with Crippen molar-refractivity contribution in [2.75, 3.05) is 0 Å². The minimum absolute atomic E-state index is 0.00970. The lowest BCUT2D eigenvalue weighted by molar-refractivity contribution is -0.386. The van der Waals surface area contributed by atoms with E-state index in [0.29, 0.717) is 27.8 Å². The molecule has 1 heterocycles. The smallest absolute Gasteiger partial charge is 0.275 e. The highest BCUT2D eigenvalue weighted by Crippen LogP contribution is 2.33. The van der Waals surface area contributed by atoms with Crippen molar-refractivity contribution < 1.29 is 19.3 Å². The van der Waals surface area contributed by atoms with Crippen molar-refractivity contribution in [2.24, 2.45) is 0 Å². The molecule has 30 heavy (non-hydrogen) atoms.